The van der Waals surface area contributed by atoms with Crippen LogP contribution in [0.1, 0.15) is 0 Å². The quantitative estimate of drug-likeness (QED) is 0.605. The Balaban J connectivity index is 1.27. The number of nitrogens with zero attached hydrogens (tertiary/aromatic N) is 6. The van der Waals surface area contributed by atoms with Crippen molar-refractivity contribution in [2.24, 2.45) is 0 Å². The van der Waals surface area contributed by atoms with Crippen LogP contribution in [0.4, 0.5) is 5.82 Å². The van der Waals surface area contributed by atoms with Gasteiger partial charge in [0.15, 0.2) is 23.1 Å². The molecule has 0 unspecified atom stereocenters. The normalized spacial score (nSPS) is 17.1. The van der Waals surface area contributed by atoms with E-state index in [1.807, 2.05) is 23.1 Å². The minimum Gasteiger partial charge on any atom is -0.486 e. The molecule has 5 rings (SSSR count). The van der Waals surface area contributed by atoms with Gasteiger partial charge in [0.25, 0.3) is 0 Å². The molecule has 11 heteroatoms. The highest BCUT2D eigenvalue weighted by atomic mass is 32.2. The molecule has 0 amide bonds. The van der Waals surface area contributed by atoms with Crippen LogP contribution >= 0.6 is 0 Å². The van der Waals surface area contributed by atoms with Crippen LogP contribution in [0, 0.1) is 0 Å². The van der Waals surface area contributed by atoms with Crippen LogP contribution in [-0.4, -0.2) is 72.1 Å². The van der Waals surface area contributed by atoms with Crippen molar-refractivity contribution >= 4 is 15.8 Å². The number of piperazine rings is 1. The molecular formula is C19H20N6O4S. The van der Waals surface area contributed by atoms with Crippen molar-refractivity contribution in [2.45, 2.75) is 4.90 Å². The van der Waals surface area contributed by atoms with Crippen LogP contribution < -0.4 is 14.4 Å². The summed E-state index contributed by atoms with van der Waals surface area (Å²) in [5.74, 6) is 2.38. The average Bonchev–Trinajstić information content (AvgIpc) is 3.34. The van der Waals surface area contributed by atoms with Gasteiger partial charge in [-0.25, -0.2) is 13.1 Å². The third kappa shape index (κ3) is 3.46. The second-order valence-corrected chi connectivity index (χ2v) is 8.83. The molecule has 0 radical (unpaired) electrons. The zero-order chi connectivity index (χ0) is 20.6. The van der Waals surface area contributed by atoms with E-state index >= 15 is 0 Å². The van der Waals surface area contributed by atoms with Crippen LogP contribution in [0.3, 0.4) is 0 Å². The van der Waals surface area contributed by atoms with E-state index in [0.29, 0.717) is 62.5 Å². The van der Waals surface area contributed by atoms with Gasteiger partial charge in [-0.05, 0) is 30.3 Å². The molecule has 4 heterocycles. The van der Waals surface area contributed by atoms with E-state index in [1.54, 1.807) is 29.2 Å². The first-order valence-corrected chi connectivity index (χ1v) is 11.0. The van der Waals surface area contributed by atoms with Gasteiger partial charge in [-0.1, -0.05) is 0 Å². The zero-order valence-corrected chi connectivity index (χ0v) is 16.9. The van der Waals surface area contributed by atoms with Gasteiger partial charge in [0.1, 0.15) is 13.2 Å². The van der Waals surface area contributed by atoms with Crippen LogP contribution in [0.25, 0.3) is 5.82 Å². The lowest BCUT2D eigenvalue weighted by atomic mass is 10.3. The first kappa shape index (κ1) is 18.8. The van der Waals surface area contributed by atoms with Gasteiger partial charge in [0, 0.05) is 44.6 Å². The Labute approximate surface area is 173 Å². The summed E-state index contributed by atoms with van der Waals surface area (Å²) in [5.41, 5.74) is 0. The summed E-state index contributed by atoms with van der Waals surface area (Å²) in [6.45, 7) is 2.65. The fourth-order valence-corrected chi connectivity index (χ4v) is 4.94. The van der Waals surface area contributed by atoms with E-state index in [0.717, 1.165) is 0 Å². The number of benzene rings is 1. The highest BCUT2D eigenvalue weighted by Crippen LogP contribution is 2.33. The van der Waals surface area contributed by atoms with Crippen molar-refractivity contribution in [1.29, 1.82) is 0 Å². The van der Waals surface area contributed by atoms with Crippen molar-refractivity contribution in [3.8, 4) is 17.3 Å². The molecule has 30 heavy (non-hydrogen) atoms. The molecule has 2 aliphatic rings. The molecule has 1 saturated heterocycles. The maximum absolute atomic E-state index is 13.1. The van der Waals surface area contributed by atoms with E-state index in [2.05, 4.69) is 15.3 Å². The predicted molar refractivity (Wildman–Crippen MR) is 108 cm³/mol. The minimum absolute atomic E-state index is 0.212. The molecule has 10 nitrogen and oxygen atoms in total. The lowest BCUT2D eigenvalue weighted by Crippen LogP contribution is -2.49. The molecule has 0 N–H and O–H groups in total. The molecular weight excluding hydrogens is 408 g/mol. The number of fused-ring (bicyclic) bond motifs is 1. The van der Waals surface area contributed by atoms with Gasteiger partial charge in [0.2, 0.25) is 10.0 Å². The maximum atomic E-state index is 13.1. The number of rotatable bonds is 4. The molecule has 2 aromatic heterocycles. The number of anilines is 1. The van der Waals surface area contributed by atoms with Crippen LogP contribution in [0.2, 0.25) is 0 Å². The third-order valence-electron chi connectivity index (χ3n) is 5.09. The Morgan fingerprint density at radius 3 is 2.30 bits per heavy atom. The van der Waals surface area contributed by atoms with E-state index in [-0.39, 0.29) is 4.90 Å². The molecule has 0 aliphatic carbocycles. The average molecular weight is 428 g/mol. The number of aromatic nitrogens is 4. The summed E-state index contributed by atoms with van der Waals surface area (Å²) >= 11 is 0. The predicted octanol–water partition coefficient (Wildman–Crippen LogP) is 0.944. The zero-order valence-electron chi connectivity index (χ0n) is 16.1. The maximum Gasteiger partial charge on any atom is 0.243 e. The summed E-state index contributed by atoms with van der Waals surface area (Å²) in [6.07, 6.45) is 3.47. The molecule has 0 bridgehead atoms. The van der Waals surface area contributed by atoms with Gasteiger partial charge < -0.3 is 14.4 Å². The molecule has 1 fully saturated rings. The van der Waals surface area contributed by atoms with Gasteiger partial charge in [-0.2, -0.15) is 9.40 Å². The Morgan fingerprint density at radius 2 is 1.60 bits per heavy atom. The van der Waals surface area contributed by atoms with Gasteiger partial charge in [0.05, 0.1) is 4.90 Å². The van der Waals surface area contributed by atoms with Gasteiger partial charge in [-0.3, -0.25) is 0 Å². The number of hydrogen-bond donors (Lipinski definition) is 0. The Kier molecular flexibility index (Phi) is 4.75. The van der Waals surface area contributed by atoms with Crippen molar-refractivity contribution in [1.82, 2.24) is 24.3 Å². The first-order chi connectivity index (χ1) is 14.6. The Bertz CT molecular complexity index is 1130. The molecule has 0 atom stereocenters. The first-order valence-electron chi connectivity index (χ1n) is 9.60. The second kappa shape index (κ2) is 7.58. The summed E-state index contributed by atoms with van der Waals surface area (Å²) in [6, 6.07) is 10.3. The number of hydrogen-bond acceptors (Lipinski definition) is 8. The SMILES string of the molecule is O=S(=O)(c1ccc2c(c1)OCCO2)N1CCN(c2ccc(-n3cccn3)nn2)CC1. The standard InChI is InChI=1S/C19H20N6O4S/c26-30(27,15-2-3-16-17(14-15)29-13-12-28-16)24-10-8-23(9-11-24)18-4-5-19(22-21-18)25-7-1-6-20-25/h1-7,14H,8-13H2. The Morgan fingerprint density at radius 1 is 0.867 bits per heavy atom. The molecule has 3 aromatic rings. The second-order valence-electron chi connectivity index (χ2n) is 6.90. The summed E-state index contributed by atoms with van der Waals surface area (Å²) < 4.78 is 40.2. The van der Waals surface area contributed by atoms with Crippen LogP contribution in [0.5, 0.6) is 11.5 Å². The van der Waals surface area contributed by atoms with E-state index in [9.17, 15) is 8.42 Å². The molecule has 0 spiro atoms. The van der Waals surface area contributed by atoms with Crippen molar-refractivity contribution in [2.75, 3.05) is 44.3 Å². The molecule has 1 aromatic carbocycles. The minimum atomic E-state index is -3.61. The van der Waals surface area contributed by atoms with E-state index in [1.165, 1.54) is 10.4 Å². The van der Waals surface area contributed by atoms with Crippen molar-refractivity contribution in [3.63, 3.8) is 0 Å². The van der Waals surface area contributed by atoms with Gasteiger partial charge >= 0.3 is 0 Å². The summed E-state index contributed by atoms with van der Waals surface area (Å²) in [4.78, 5) is 2.24. The molecule has 156 valence electrons. The number of ether oxygens (including phenoxy) is 2. The van der Waals surface area contributed by atoms with E-state index in [4.69, 9.17) is 9.47 Å². The summed E-state index contributed by atoms with van der Waals surface area (Å²) in [5, 5.41) is 12.6. The Hall–Kier alpha value is -3.18. The lowest BCUT2D eigenvalue weighted by molar-refractivity contribution is 0.171. The fraction of sp³-hybridized carbons (Fsp3) is 0.316. The highest BCUT2D eigenvalue weighted by Gasteiger charge is 2.30. The molecule has 0 saturated carbocycles. The van der Waals surface area contributed by atoms with E-state index < -0.39 is 10.0 Å². The summed E-state index contributed by atoms with van der Waals surface area (Å²) in [7, 11) is -3.61. The highest BCUT2D eigenvalue weighted by molar-refractivity contribution is 7.89. The van der Waals surface area contributed by atoms with Crippen LogP contribution in [-0.2, 0) is 10.0 Å². The van der Waals surface area contributed by atoms with Gasteiger partial charge in [-0.15, -0.1) is 10.2 Å². The number of sulfonamides is 1. The lowest BCUT2D eigenvalue weighted by Gasteiger charge is -2.34. The molecule has 2 aliphatic heterocycles. The monoisotopic (exact) mass is 428 g/mol. The van der Waals surface area contributed by atoms with Crippen molar-refractivity contribution < 1.29 is 17.9 Å². The third-order valence-corrected chi connectivity index (χ3v) is 6.98. The van der Waals surface area contributed by atoms with Crippen LogP contribution in [0.15, 0.2) is 53.7 Å². The largest absolute Gasteiger partial charge is 0.486 e. The topological polar surface area (TPSA) is 103 Å². The van der Waals surface area contributed by atoms with Crippen molar-refractivity contribution in [3.05, 3.63) is 48.8 Å². The fourth-order valence-electron chi connectivity index (χ4n) is 3.50. The smallest absolute Gasteiger partial charge is 0.243 e.